The van der Waals surface area contributed by atoms with Gasteiger partial charge in [-0.05, 0) is 195 Å². The summed E-state index contributed by atoms with van der Waals surface area (Å²) in [6.45, 7) is 11.5. The van der Waals surface area contributed by atoms with Gasteiger partial charge in [0.1, 0.15) is 5.82 Å². The smallest absolute Gasteiger partial charge is 0.326 e. The van der Waals surface area contributed by atoms with Crippen molar-refractivity contribution in [2.75, 3.05) is 28.2 Å². The van der Waals surface area contributed by atoms with Gasteiger partial charge in [0, 0.05) is 83.8 Å². The maximum atomic E-state index is 16.8. The number of aromatic nitrogens is 5. The predicted octanol–water partition coefficient (Wildman–Crippen LogP) is 16.5. The molecule has 4 aromatic heterocycles. The number of hydrogen-bond acceptors (Lipinski definition) is 8. The van der Waals surface area contributed by atoms with E-state index < -0.39 is 70.6 Å². The molecule has 2 unspecified atom stereocenters. The van der Waals surface area contributed by atoms with Crippen molar-refractivity contribution in [2.24, 2.45) is 0 Å². The lowest BCUT2D eigenvalue weighted by Crippen LogP contribution is -2.54. The van der Waals surface area contributed by atoms with E-state index in [1.165, 1.54) is 9.80 Å². The molecule has 0 saturated carbocycles. The summed E-state index contributed by atoms with van der Waals surface area (Å²) in [5.74, 6) is -4.38. The summed E-state index contributed by atoms with van der Waals surface area (Å²) in [6.07, 6.45) is -2.19. The minimum atomic E-state index is -5.29. The first-order valence-corrected chi connectivity index (χ1v) is 28.7. The van der Waals surface area contributed by atoms with Crippen molar-refractivity contribution in [3.63, 3.8) is 0 Å². The molecule has 10 aromatic rings. The highest BCUT2D eigenvalue weighted by molar-refractivity contribution is 6.06. The van der Waals surface area contributed by atoms with Gasteiger partial charge >= 0.3 is 12.4 Å². The number of carbonyl (C=O) groups excluding carboxylic acids is 3. The van der Waals surface area contributed by atoms with Crippen LogP contribution in [-0.2, 0) is 32.2 Å². The average molecular weight is 1200 g/mol. The van der Waals surface area contributed by atoms with Gasteiger partial charge < -0.3 is 15.1 Å². The van der Waals surface area contributed by atoms with Crippen LogP contribution in [0.15, 0.2) is 207 Å². The van der Waals surface area contributed by atoms with Gasteiger partial charge in [0.25, 0.3) is 0 Å². The van der Waals surface area contributed by atoms with Crippen molar-refractivity contribution in [2.45, 2.75) is 78.1 Å². The number of nitrogens with zero attached hydrogens (tertiary/aromatic N) is 7. The van der Waals surface area contributed by atoms with Crippen molar-refractivity contribution >= 4 is 34.8 Å². The highest BCUT2D eigenvalue weighted by Crippen LogP contribution is 2.41. The number of carbonyl (C=O) groups is 3. The standard InChI is InChI=1S/C72H62F6N8O3/c1-44-31-56(36-57(32-44)59-40-82-49(6)83-41-59)48(5)68(88)86(65-23-17-52(18-24-65)55-27-30-81-47(4)35-55)43-70(7,60-11-9-8-10-12-60)69(89)85(64-21-15-51(16-22-64)54-26-29-80-46(3)34-54)42-66(58-37-61(71(73,74)75)39-62(38-58)72(76,77)78)67(87)84-63-19-13-50(14-20-63)53-25-28-79-45(2)33-53/h8-41,48,66H,42-43H2,1-7H3,(H,84,87)/t48-,66?,70?/m0/s1. The van der Waals surface area contributed by atoms with E-state index in [0.717, 1.165) is 61.6 Å². The number of rotatable bonds is 17. The SMILES string of the molecule is Cc1cc(-c2cnc(C)nc2)cc([C@H](C)C(=O)N(CC(C)(C(=O)N(CC(C(=O)Nc2ccc(-c3ccnc(C)c3)cc2)c2cc(C(F)(F)F)cc(C(F)(F)F)c2)c2ccc(-c3ccnc(C)c3)cc2)c2ccccc2)c2ccc(-c3ccnc(C)c3)cc2)c1. The highest BCUT2D eigenvalue weighted by atomic mass is 19.4. The second-order valence-electron chi connectivity index (χ2n) is 22.5. The molecule has 450 valence electrons. The van der Waals surface area contributed by atoms with Gasteiger partial charge in [-0.1, -0.05) is 90.5 Å². The van der Waals surface area contributed by atoms with E-state index in [1.807, 2.05) is 82.3 Å². The maximum Gasteiger partial charge on any atom is 0.416 e. The van der Waals surface area contributed by atoms with Crippen LogP contribution in [0.3, 0.4) is 0 Å². The fourth-order valence-electron chi connectivity index (χ4n) is 11.0. The van der Waals surface area contributed by atoms with Crippen molar-refractivity contribution in [1.82, 2.24) is 24.9 Å². The lowest BCUT2D eigenvalue weighted by Gasteiger charge is -2.40. The average Bonchev–Trinajstić information content (AvgIpc) is 0.990. The molecule has 3 atom stereocenters. The second kappa shape index (κ2) is 25.7. The lowest BCUT2D eigenvalue weighted by atomic mass is 9.79. The highest BCUT2D eigenvalue weighted by Gasteiger charge is 2.45. The van der Waals surface area contributed by atoms with Crippen LogP contribution in [0, 0.1) is 34.6 Å². The largest absolute Gasteiger partial charge is 0.416 e. The first kappa shape index (κ1) is 61.9. The van der Waals surface area contributed by atoms with Crippen LogP contribution >= 0.6 is 0 Å². The first-order valence-electron chi connectivity index (χ1n) is 28.7. The van der Waals surface area contributed by atoms with Crippen molar-refractivity contribution < 1.29 is 40.7 Å². The zero-order valence-corrected chi connectivity index (χ0v) is 49.8. The molecule has 0 radical (unpaired) electrons. The molecular formula is C72H62F6N8O3. The van der Waals surface area contributed by atoms with Crippen LogP contribution < -0.4 is 15.1 Å². The predicted molar refractivity (Wildman–Crippen MR) is 335 cm³/mol. The Bertz CT molecular complexity index is 4170. The fraction of sp³-hybridized carbons (Fsp3) is 0.194. The van der Waals surface area contributed by atoms with Gasteiger partial charge in [-0.25, -0.2) is 9.97 Å². The summed E-state index contributed by atoms with van der Waals surface area (Å²) >= 11 is 0. The molecule has 0 saturated heterocycles. The van der Waals surface area contributed by atoms with Crippen LogP contribution in [0.2, 0.25) is 0 Å². The van der Waals surface area contributed by atoms with Crippen LogP contribution in [0.5, 0.6) is 0 Å². The minimum Gasteiger partial charge on any atom is -0.326 e. The Hall–Kier alpha value is -10.2. The molecule has 0 aliphatic rings. The number of hydrogen-bond donors (Lipinski definition) is 1. The Morgan fingerprint density at radius 3 is 1.42 bits per heavy atom. The van der Waals surface area contributed by atoms with Crippen molar-refractivity contribution in [1.29, 1.82) is 0 Å². The van der Waals surface area contributed by atoms with Gasteiger partial charge in [0.15, 0.2) is 0 Å². The molecule has 4 heterocycles. The molecular weight excluding hydrogens is 1140 g/mol. The second-order valence-corrected chi connectivity index (χ2v) is 22.5. The summed E-state index contributed by atoms with van der Waals surface area (Å²) in [7, 11) is 0. The molecule has 6 aromatic carbocycles. The summed E-state index contributed by atoms with van der Waals surface area (Å²) in [5, 5.41) is 2.76. The van der Waals surface area contributed by atoms with E-state index >= 15 is 14.4 Å². The zero-order chi connectivity index (χ0) is 63.4. The van der Waals surface area contributed by atoms with Gasteiger partial charge in [0.05, 0.1) is 28.4 Å². The number of amides is 3. The Morgan fingerprint density at radius 2 is 0.944 bits per heavy atom. The van der Waals surface area contributed by atoms with Gasteiger partial charge in [-0.3, -0.25) is 29.3 Å². The number of benzene rings is 6. The molecule has 3 amide bonds. The quantitative estimate of drug-likeness (QED) is 0.0891. The Kier molecular flexibility index (Phi) is 17.8. The van der Waals surface area contributed by atoms with Crippen LogP contribution in [0.4, 0.5) is 43.4 Å². The van der Waals surface area contributed by atoms with E-state index in [-0.39, 0.29) is 24.0 Å². The number of alkyl halides is 6. The molecule has 0 aliphatic heterocycles. The van der Waals surface area contributed by atoms with Gasteiger partial charge in [-0.2, -0.15) is 26.3 Å². The van der Waals surface area contributed by atoms with Crippen LogP contribution in [0.25, 0.3) is 44.5 Å². The first-order chi connectivity index (χ1) is 42.4. The van der Waals surface area contributed by atoms with Crippen LogP contribution in [0.1, 0.15) is 82.0 Å². The number of anilines is 3. The third-order valence-electron chi connectivity index (χ3n) is 15.8. The summed E-state index contributed by atoms with van der Waals surface area (Å²) < 4.78 is 89.5. The molecule has 17 heteroatoms. The van der Waals surface area contributed by atoms with E-state index in [2.05, 4.69) is 30.2 Å². The molecule has 11 nitrogen and oxygen atoms in total. The normalized spacial score (nSPS) is 13.0. The molecule has 1 N–H and O–H groups in total. The van der Waals surface area contributed by atoms with E-state index in [1.54, 1.807) is 155 Å². The topological polar surface area (TPSA) is 134 Å². The van der Waals surface area contributed by atoms with Crippen molar-refractivity contribution in [3.05, 3.63) is 263 Å². The van der Waals surface area contributed by atoms with Crippen LogP contribution in [-0.4, -0.2) is 55.7 Å². The molecule has 10 rings (SSSR count). The third kappa shape index (κ3) is 14.3. The molecule has 0 spiro atoms. The summed E-state index contributed by atoms with van der Waals surface area (Å²) in [5.41, 5.74) is 5.26. The van der Waals surface area contributed by atoms with Gasteiger partial charge in [0.2, 0.25) is 17.7 Å². The Balaban J connectivity index is 1.14. The summed E-state index contributed by atoms with van der Waals surface area (Å²) in [6, 6.07) is 47.0. The van der Waals surface area contributed by atoms with Crippen molar-refractivity contribution in [3.8, 4) is 44.5 Å². The molecule has 89 heavy (non-hydrogen) atoms. The number of pyridine rings is 3. The monoisotopic (exact) mass is 1200 g/mol. The maximum absolute atomic E-state index is 16.8. The van der Waals surface area contributed by atoms with E-state index in [9.17, 15) is 26.3 Å². The molecule has 0 aliphatic carbocycles. The fourth-order valence-corrected chi connectivity index (χ4v) is 11.0. The zero-order valence-electron chi connectivity index (χ0n) is 49.8. The molecule has 0 fully saturated rings. The van der Waals surface area contributed by atoms with E-state index in [4.69, 9.17) is 0 Å². The Labute approximate surface area is 512 Å². The summed E-state index contributed by atoms with van der Waals surface area (Å²) in [4.78, 5) is 72.5. The third-order valence-corrected chi connectivity index (χ3v) is 15.8. The van der Waals surface area contributed by atoms with E-state index in [0.29, 0.717) is 40.3 Å². The Morgan fingerprint density at radius 1 is 0.472 bits per heavy atom. The number of nitrogens with one attached hydrogen (secondary N) is 1. The molecule has 0 bridgehead atoms. The van der Waals surface area contributed by atoms with Gasteiger partial charge in [-0.15, -0.1) is 0 Å². The number of halogens is 6. The lowest BCUT2D eigenvalue weighted by molar-refractivity contribution is -0.143. The number of aryl methyl sites for hydroxylation is 5. The minimum absolute atomic E-state index is 0.00134.